The Balaban J connectivity index is 1.39. The van der Waals surface area contributed by atoms with Crippen molar-refractivity contribution in [2.45, 2.75) is 19.6 Å². The smallest absolute Gasteiger partial charge is 0.340 e. The van der Waals surface area contributed by atoms with Crippen LogP contribution >= 0.6 is 0 Å². The lowest BCUT2D eigenvalue weighted by Crippen LogP contribution is -2.11. The summed E-state index contributed by atoms with van der Waals surface area (Å²) < 4.78 is 62.1. The van der Waals surface area contributed by atoms with Gasteiger partial charge in [-0.2, -0.15) is 5.26 Å². The molecule has 0 saturated carbocycles. The van der Waals surface area contributed by atoms with Gasteiger partial charge in [0.2, 0.25) is 5.88 Å². The Hall–Kier alpha value is -5.21. The molecule has 0 radical (unpaired) electrons. The normalized spacial score (nSPS) is 11.0. The van der Waals surface area contributed by atoms with E-state index in [0.29, 0.717) is 28.2 Å². The highest BCUT2D eigenvalue weighted by molar-refractivity contribution is 5.94. The molecule has 0 aliphatic carbocycles. The van der Waals surface area contributed by atoms with Crippen molar-refractivity contribution in [2.24, 2.45) is 0 Å². The Morgan fingerprint density at radius 2 is 1.74 bits per heavy atom. The van der Waals surface area contributed by atoms with Gasteiger partial charge in [0, 0.05) is 37.3 Å². The van der Waals surface area contributed by atoms with Gasteiger partial charge in [-0.05, 0) is 42.0 Å². The first-order valence-electron chi connectivity index (χ1n) is 13.1. The van der Waals surface area contributed by atoms with Crippen molar-refractivity contribution in [2.75, 3.05) is 20.8 Å². The minimum Gasteiger partial charge on any atom is -0.473 e. The molecule has 3 aromatic carbocycles. The summed E-state index contributed by atoms with van der Waals surface area (Å²) in [5.74, 6) is -2.06. The summed E-state index contributed by atoms with van der Waals surface area (Å²) in [5.41, 5.74) is 1.90. The zero-order chi connectivity index (χ0) is 30.5. The molecule has 0 amide bonds. The van der Waals surface area contributed by atoms with Crippen LogP contribution in [0.25, 0.3) is 22.3 Å². The molecule has 0 fully saturated rings. The van der Waals surface area contributed by atoms with E-state index in [2.05, 4.69) is 14.7 Å². The summed E-state index contributed by atoms with van der Waals surface area (Å²) in [6, 6.07) is 18.4. The maximum atomic E-state index is 15.4. The molecule has 0 N–H and O–H groups in total. The lowest BCUT2D eigenvalue weighted by molar-refractivity contribution is 0.0596. The molecular formula is C32H25F3N4O4. The average Bonchev–Trinajstić information content (AvgIpc) is 3.37. The number of aromatic nitrogens is 3. The average molecular weight is 587 g/mol. The van der Waals surface area contributed by atoms with Crippen molar-refractivity contribution in [3.63, 3.8) is 0 Å². The number of imidazole rings is 1. The van der Waals surface area contributed by atoms with Crippen LogP contribution in [0.2, 0.25) is 0 Å². The van der Waals surface area contributed by atoms with Crippen molar-refractivity contribution in [1.29, 1.82) is 5.26 Å². The number of nitriles is 1. The fraction of sp³-hybridized carbons (Fsp3) is 0.188. The van der Waals surface area contributed by atoms with Crippen LogP contribution in [0, 0.1) is 28.8 Å². The molecule has 2 aromatic heterocycles. The van der Waals surface area contributed by atoms with Crippen molar-refractivity contribution in [3.8, 4) is 23.2 Å². The van der Waals surface area contributed by atoms with Crippen LogP contribution in [-0.4, -0.2) is 41.3 Å². The van der Waals surface area contributed by atoms with Gasteiger partial charge >= 0.3 is 5.97 Å². The van der Waals surface area contributed by atoms with Gasteiger partial charge < -0.3 is 18.8 Å². The third-order valence-electron chi connectivity index (χ3n) is 6.83. The van der Waals surface area contributed by atoms with Gasteiger partial charge in [0.25, 0.3) is 0 Å². The van der Waals surface area contributed by atoms with E-state index in [9.17, 15) is 9.18 Å². The SMILES string of the molecule is COCCn1c(Cc2ccc(-c3cccc(OCc4ccc(C#N)cc4F)n3)cc2F)nc2ccc(C(=O)OC)c(F)c21. The number of fused-ring (bicyclic) bond motifs is 1. The maximum Gasteiger partial charge on any atom is 0.340 e. The van der Waals surface area contributed by atoms with Crippen LogP contribution < -0.4 is 4.74 Å². The Morgan fingerprint density at radius 1 is 0.953 bits per heavy atom. The largest absolute Gasteiger partial charge is 0.473 e. The number of rotatable bonds is 10. The lowest BCUT2D eigenvalue weighted by atomic mass is 10.1. The minimum atomic E-state index is -0.813. The standard InChI is InChI=1S/C32H25F3N4O4/c1-41-13-12-39-28(37-27-11-10-23(32(40)42-2)30(35)31(27)39)16-20-8-9-21(15-25(20)34)26-4-3-5-29(38-26)43-18-22-7-6-19(17-36)14-24(22)33/h3-11,14-15H,12-13,16,18H2,1-2H3. The number of ether oxygens (including phenoxy) is 3. The van der Waals surface area contributed by atoms with Crippen LogP contribution in [-0.2, 0) is 29.0 Å². The maximum absolute atomic E-state index is 15.4. The van der Waals surface area contributed by atoms with Gasteiger partial charge in [0.1, 0.15) is 29.6 Å². The summed E-state index contributed by atoms with van der Waals surface area (Å²) in [7, 11) is 2.68. The van der Waals surface area contributed by atoms with E-state index in [4.69, 9.17) is 14.7 Å². The third kappa shape index (κ3) is 6.19. The molecule has 0 aliphatic rings. The van der Waals surface area contributed by atoms with E-state index in [0.717, 1.165) is 6.07 Å². The van der Waals surface area contributed by atoms with Gasteiger partial charge in [-0.3, -0.25) is 0 Å². The summed E-state index contributed by atoms with van der Waals surface area (Å²) in [5, 5.41) is 8.91. The quantitative estimate of drug-likeness (QED) is 0.185. The zero-order valence-electron chi connectivity index (χ0n) is 23.2. The van der Waals surface area contributed by atoms with E-state index in [1.54, 1.807) is 34.9 Å². The number of benzene rings is 3. The number of nitrogens with zero attached hydrogens (tertiary/aromatic N) is 4. The van der Waals surface area contributed by atoms with E-state index in [1.165, 1.54) is 44.6 Å². The Bertz CT molecular complexity index is 1870. The fourth-order valence-electron chi connectivity index (χ4n) is 4.62. The topological polar surface area (TPSA) is 99.3 Å². The van der Waals surface area contributed by atoms with Crippen LogP contribution in [0.3, 0.4) is 0 Å². The molecular weight excluding hydrogens is 561 g/mol. The van der Waals surface area contributed by atoms with Crippen molar-refractivity contribution >= 4 is 17.0 Å². The van der Waals surface area contributed by atoms with E-state index >= 15 is 8.78 Å². The van der Waals surface area contributed by atoms with Gasteiger partial charge in [0.05, 0.1) is 42.1 Å². The van der Waals surface area contributed by atoms with Crippen molar-refractivity contribution in [3.05, 3.63) is 112 Å². The highest BCUT2D eigenvalue weighted by Gasteiger charge is 2.22. The number of methoxy groups -OCH3 is 2. The Kier molecular flexibility index (Phi) is 8.69. The van der Waals surface area contributed by atoms with Crippen molar-refractivity contribution in [1.82, 2.24) is 14.5 Å². The molecule has 0 bridgehead atoms. The fourth-order valence-corrected chi connectivity index (χ4v) is 4.62. The number of pyridine rings is 1. The minimum absolute atomic E-state index is 0.0459. The van der Waals surface area contributed by atoms with Crippen molar-refractivity contribution < 1.29 is 32.2 Å². The molecule has 0 aliphatic heterocycles. The predicted octanol–water partition coefficient (Wildman–Crippen LogP) is 5.99. The van der Waals surface area contributed by atoms with Crippen LogP contribution in [0.5, 0.6) is 5.88 Å². The molecule has 0 spiro atoms. The molecule has 5 rings (SSSR count). The number of hydrogen-bond acceptors (Lipinski definition) is 7. The zero-order valence-corrected chi connectivity index (χ0v) is 23.2. The molecule has 218 valence electrons. The summed E-state index contributed by atoms with van der Waals surface area (Å²) in [4.78, 5) is 21.0. The Morgan fingerprint density at radius 3 is 2.47 bits per heavy atom. The van der Waals surface area contributed by atoms with Gasteiger partial charge in [0.15, 0.2) is 5.82 Å². The molecule has 8 nitrogen and oxygen atoms in total. The third-order valence-corrected chi connectivity index (χ3v) is 6.83. The first-order chi connectivity index (χ1) is 20.8. The van der Waals surface area contributed by atoms with Gasteiger partial charge in [-0.25, -0.2) is 27.9 Å². The highest BCUT2D eigenvalue weighted by Crippen LogP contribution is 2.27. The Labute approximate surface area is 244 Å². The molecule has 0 unspecified atom stereocenters. The van der Waals surface area contributed by atoms with E-state index < -0.39 is 23.4 Å². The molecule has 0 atom stereocenters. The number of hydrogen-bond donors (Lipinski definition) is 0. The summed E-state index contributed by atoms with van der Waals surface area (Å²) >= 11 is 0. The van der Waals surface area contributed by atoms with E-state index in [1.807, 2.05) is 6.07 Å². The molecule has 2 heterocycles. The molecule has 5 aromatic rings. The number of esters is 1. The monoisotopic (exact) mass is 586 g/mol. The molecule has 0 saturated heterocycles. The second-order valence-corrected chi connectivity index (χ2v) is 9.51. The molecule has 11 heteroatoms. The predicted molar refractivity (Wildman–Crippen MR) is 151 cm³/mol. The summed E-state index contributed by atoms with van der Waals surface area (Å²) in [6.45, 7) is 0.364. The number of carbonyl (C=O) groups is 1. The van der Waals surface area contributed by atoms with Crippen LogP contribution in [0.15, 0.2) is 66.7 Å². The second-order valence-electron chi connectivity index (χ2n) is 9.51. The number of carbonyl (C=O) groups excluding carboxylic acids is 1. The van der Waals surface area contributed by atoms with Gasteiger partial charge in [-0.15, -0.1) is 0 Å². The molecule has 43 heavy (non-hydrogen) atoms. The van der Waals surface area contributed by atoms with E-state index in [-0.39, 0.29) is 54.3 Å². The van der Waals surface area contributed by atoms with Crippen LogP contribution in [0.1, 0.15) is 32.9 Å². The second kappa shape index (κ2) is 12.8. The first kappa shape index (κ1) is 29.3. The summed E-state index contributed by atoms with van der Waals surface area (Å²) in [6.07, 6.45) is 0.0459. The first-order valence-corrected chi connectivity index (χ1v) is 13.1. The number of halogens is 3. The van der Waals surface area contributed by atoms with Crippen LogP contribution in [0.4, 0.5) is 13.2 Å². The lowest BCUT2D eigenvalue weighted by Gasteiger charge is -2.12. The highest BCUT2D eigenvalue weighted by atomic mass is 19.1. The van der Waals surface area contributed by atoms with Gasteiger partial charge in [-0.1, -0.05) is 24.3 Å².